The van der Waals surface area contributed by atoms with Crippen LogP contribution >= 0.6 is 0 Å². The molecule has 4 saturated carbocycles. The smallest absolute Gasteiger partial charge is 0.138 e. The molecular weight excluding hydrogens is 408 g/mol. The molecule has 4 aliphatic carbocycles. The van der Waals surface area contributed by atoms with Gasteiger partial charge in [0, 0.05) is 11.8 Å². The van der Waals surface area contributed by atoms with Crippen LogP contribution in [0.4, 0.5) is 0 Å². The van der Waals surface area contributed by atoms with Gasteiger partial charge < -0.3 is 10.2 Å². The number of carbonyl (C=O) groups is 1. The minimum Gasteiger partial charge on any atom is -0.390 e. The third-order valence-corrected chi connectivity index (χ3v) is 12.2. The zero-order valence-corrected chi connectivity index (χ0v) is 22.6. The van der Waals surface area contributed by atoms with Gasteiger partial charge in [-0.2, -0.15) is 0 Å². The molecule has 33 heavy (non-hydrogen) atoms. The van der Waals surface area contributed by atoms with Crippen LogP contribution in [0.25, 0.3) is 0 Å². The van der Waals surface area contributed by atoms with Crippen molar-refractivity contribution in [2.24, 2.45) is 45.3 Å². The van der Waals surface area contributed by atoms with E-state index in [2.05, 4.69) is 47.6 Å². The van der Waals surface area contributed by atoms with Crippen molar-refractivity contribution < 1.29 is 15.0 Å². The van der Waals surface area contributed by atoms with E-state index < -0.39 is 11.7 Å². The standard InChI is InChI=1S/C30H50O3/c1-19(9-12-25(32)27(4,5)33)20-13-17-29(7)21(20)10-11-23-28(6)16-15-24(31)26(2,3)22(28)14-18-30(23,29)8/h9,20-23,25,32-33H,10-18H2,1-8H3/t20-,21-,22+,23-,25+,28+,29-,30-/m1/s1. The Hall–Kier alpha value is -0.670. The second-order valence-corrected chi connectivity index (χ2v) is 14.3. The minimum absolute atomic E-state index is 0.176. The predicted molar refractivity (Wildman–Crippen MR) is 135 cm³/mol. The van der Waals surface area contributed by atoms with Crippen LogP contribution in [-0.2, 0) is 4.79 Å². The van der Waals surface area contributed by atoms with Crippen LogP contribution in [0.5, 0.6) is 0 Å². The number of hydrogen-bond acceptors (Lipinski definition) is 3. The highest BCUT2D eigenvalue weighted by Gasteiger charge is 2.68. The van der Waals surface area contributed by atoms with Gasteiger partial charge in [0.05, 0.1) is 11.7 Å². The summed E-state index contributed by atoms with van der Waals surface area (Å²) in [6.07, 6.45) is 11.4. The van der Waals surface area contributed by atoms with Crippen LogP contribution in [0.3, 0.4) is 0 Å². The molecule has 0 aromatic heterocycles. The van der Waals surface area contributed by atoms with Gasteiger partial charge in [-0.05, 0) is 112 Å². The second kappa shape index (κ2) is 7.92. The normalized spacial score (nSPS) is 46.4. The van der Waals surface area contributed by atoms with Crippen molar-refractivity contribution in [3.05, 3.63) is 11.6 Å². The van der Waals surface area contributed by atoms with Crippen molar-refractivity contribution in [1.82, 2.24) is 0 Å². The van der Waals surface area contributed by atoms with Crippen molar-refractivity contribution in [2.45, 2.75) is 125 Å². The first-order chi connectivity index (χ1) is 15.1. The van der Waals surface area contributed by atoms with Gasteiger partial charge >= 0.3 is 0 Å². The minimum atomic E-state index is -1.06. The number of ketones is 1. The lowest BCUT2D eigenvalue weighted by Gasteiger charge is -2.69. The molecule has 0 aromatic rings. The van der Waals surface area contributed by atoms with Crippen LogP contribution in [0, 0.1) is 45.3 Å². The molecule has 0 unspecified atom stereocenters. The first-order valence-corrected chi connectivity index (χ1v) is 13.7. The molecule has 4 aliphatic rings. The van der Waals surface area contributed by atoms with Crippen molar-refractivity contribution in [3.63, 3.8) is 0 Å². The molecule has 0 spiro atoms. The molecular formula is C30H50O3. The van der Waals surface area contributed by atoms with E-state index in [1.165, 1.54) is 44.1 Å². The lowest BCUT2D eigenvalue weighted by atomic mass is 9.35. The lowest BCUT2D eigenvalue weighted by Crippen LogP contribution is -2.63. The molecule has 0 aromatic carbocycles. The van der Waals surface area contributed by atoms with Gasteiger partial charge in [-0.25, -0.2) is 0 Å². The molecule has 188 valence electrons. The molecule has 0 saturated heterocycles. The van der Waals surface area contributed by atoms with E-state index in [1.807, 2.05) is 0 Å². The Morgan fingerprint density at radius 3 is 2.27 bits per heavy atom. The first kappa shape index (κ1) is 25.4. The Kier molecular flexibility index (Phi) is 6.10. The number of fused-ring (bicyclic) bond motifs is 5. The number of Topliss-reactive ketones (excluding diaryl/α,β-unsaturated/α-hetero) is 1. The number of rotatable bonds is 4. The third kappa shape index (κ3) is 3.62. The zero-order valence-electron chi connectivity index (χ0n) is 22.6. The van der Waals surface area contributed by atoms with Crippen LogP contribution in [0.15, 0.2) is 11.6 Å². The summed E-state index contributed by atoms with van der Waals surface area (Å²) in [5.74, 6) is 3.01. The van der Waals surface area contributed by atoms with Gasteiger partial charge in [0.2, 0.25) is 0 Å². The van der Waals surface area contributed by atoms with Gasteiger partial charge in [-0.1, -0.05) is 46.3 Å². The molecule has 0 aliphatic heterocycles. The summed E-state index contributed by atoms with van der Waals surface area (Å²) in [6, 6.07) is 0. The predicted octanol–water partition coefficient (Wildman–Crippen LogP) is 6.71. The van der Waals surface area contributed by atoms with Crippen LogP contribution in [0.1, 0.15) is 113 Å². The van der Waals surface area contributed by atoms with E-state index in [0.717, 1.165) is 12.8 Å². The van der Waals surface area contributed by atoms with E-state index in [4.69, 9.17) is 0 Å². The van der Waals surface area contributed by atoms with Gasteiger partial charge in [0.25, 0.3) is 0 Å². The number of aliphatic hydroxyl groups is 2. The molecule has 2 N–H and O–H groups in total. The highest BCUT2D eigenvalue weighted by Crippen LogP contribution is 2.75. The Bertz CT molecular complexity index is 819. The monoisotopic (exact) mass is 458 g/mol. The maximum absolute atomic E-state index is 12.8. The van der Waals surface area contributed by atoms with Crippen molar-refractivity contribution in [3.8, 4) is 0 Å². The van der Waals surface area contributed by atoms with Gasteiger partial charge in [0.1, 0.15) is 5.78 Å². The van der Waals surface area contributed by atoms with Gasteiger partial charge in [-0.15, -0.1) is 0 Å². The summed E-state index contributed by atoms with van der Waals surface area (Å²) in [6.45, 7) is 17.9. The number of allylic oxidation sites excluding steroid dienone is 1. The van der Waals surface area contributed by atoms with Crippen LogP contribution in [0.2, 0.25) is 0 Å². The van der Waals surface area contributed by atoms with E-state index in [1.54, 1.807) is 13.8 Å². The maximum Gasteiger partial charge on any atom is 0.138 e. The Morgan fingerprint density at radius 2 is 1.64 bits per heavy atom. The molecule has 0 amide bonds. The number of hydrogen-bond donors (Lipinski definition) is 2. The van der Waals surface area contributed by atoms with Crippen LogP contribution in [-0.4, -0.2) is 27.7 Å². The molecule has 0 heterocycles. The highest BCUT2D eigenvalue weighted by atomic mass is 16.3. The molecule has 3 heteroatoms. The molecule has 3 nitrogen and oxygen atoms in total. The average molecular weight is 459 g/mol. The van der Waals surface area contributed by atoms with E-state index in [-0.39, 0.29) is 10.8 Å². The van der Waals surface area contributed by atoms with E-state index in [0.29, 0.717) is 46.7 Å². The Labute approximate surface area is 202 Å². The summed E-state index contributed by atoms with van der Waals surface area (Å²) in [5, 5.41) is 20.5. The number of aliphatic hydroxyl groups excluding tert-OH is 1. The van der Waals surface area contributed by atoms with Crippen molar-refractivity contribution in [1.29, 1.82) is 0 Å². The second-order valence-electron chi connectivity index (χ2n) is 14.3. The highest BCUT2D eigenvalue weighted by molar-refractivity contribution is 5.85. The summed E-state index contributed by atoms with van der Waals surface area (Å²) in [7, 11) is 0. The zero-order chi connectivity index (χ0) is 24.6. The molecule has 8 atom stereocenters. The molecule has 0 bridgehead atoms. The molecule has 4 rings (SSSR count). The van der Waals surface area contributed by atoms with Gasteiger partial charge in [0.15, 0.2) is 0 Å². The van der Waals surface area contributed by atoms with E-state index in [9.17, 15) is 15.0 Å². The largest absolute Gasteiger partial charge is 0.390 e. The first-order valence-electron chi connectivity index (χ1n) is 13.7. The summed E-state index contributed by atoms with van der Waals surface area (Å²) in [5.41, 5.74) is 1.13. The van der Waals surface area contributed by atoms with Crippen molar-refractivity contribution in [2.75, 3.05) is 0 Å². The Balaban J connectivity index is 1.60. The average Bonchev–Trinajstić information content (AvgIpc) is 3.07. The third-order valence-electron chi connectivity index (χ3n) is 12.2. The SMILES string of the molecule is CC(=CC[C@H](O)C(C)(C)O)[C@H]1CC[C@]2(C)[C@@H]1CC[C@@H]1[C@@]3(C)CCC(=O)C(C)(C)[C@@H]3CC[C@]12C. The summed E-state index contributed by atoms with van der Waals surface area (Å²) >= 11 is 0. The molecule has 4 fully saturated rings. The van der Waals surface area contributed by atoms with E-state index >= 15 is 0 Å². The molecule has 0 radical (unpaired) electrons. The quantitative estimate of drug-likeness (QED) is 0.460. The fourth-order valence-corrected chi connectivity index (χ4v) is 9.83. The fraction of sp³-hybridized carbons (Fsp3) is 0.900. The lowest BCUT2D eigenvalue weighted by molar-refractivity contribution is -0.201. The summed E-state index contributed by atoms with van der Waals surface area (Å²) < 4.78 is 0. The van der Waals surface area contributed by atoms with Crippen molar-refractivity contribution >= 4 is 5.78 Å². The number of carbonyl (C=O) groups excluding carboxylic acids is 1. The Morgan fingerprint density at radius 1 is 1.00 bits per heavy atom. The maximum atomic E-state index is 12.8. The summed E-state index contributed by atoms with van der Waals surface area (Å²) in [4.78, 5) is 12.8. The topological polar surface area (TPSA) is 57.5 Å². The van der Waals surface area contributed by atoms with Crippen LogP contribution < -0.4 is 0 Å². The van der Waals surface area contributed by atoms with Gasteiger partial charge in [-0.3, -0.25) is 4.79 Å². The fourth-order valence-electron chi connectivity index (χ4n) is 9.83.